The topological polar surface area (TPSA) is 77.2 Å². The lowest BCUT2D eigenvalue weighted by Crippen LogP contribution is -2.26. The number of aromatic amines is 1. The third-order valence-electron chi connectivity index (χ3n) is 5.94. The van der Waals surface area contributed by atoms with Crippen molar-refractivity contribution in [2.45, 2.75) is 32.2 Å². The zero-order chi connectivity index (χ0) is 22.3. The number of anilines is 2. The molecule has 1 unspecified atom stereocenters. The van der Waals surface area contributed by atoms with Crippen LogP contribution in [0.5, 0.6) is 0 Å². The Labute approximate surface area is 188 Å². The zero-order valence-electron chi connectivity index (χ0n) is 18.4. The standard InChI is InChI=1S/C26H30N4O2/c1-19(21-9-3-2-4-10-21)17-28-23-12-13-27-25(31)24(23)26(32)29-22-11-7-8-20(16-22)18-30-14-5-6-15-30/h2-4,7-13,16,19H,5-6,14-15,17-18H2,1H3,(H,29,32)(H2,27,28,31). The Hall–Kier alpha value is -3.38. The van der Waals surface area contributed by atoms with Crippen LogP contribution in [0.3, 0.4) is 0 Å². The van der Waals surface area contributed by atoms with Gasteiger partial charge in [0.15, 0.2) is 0 Å². The number of hydrogen-bond acceptors (Lipinski definition) is 4. The molecule has 1 fully saturated rings. The van der Waals surface area contributed by atoms with Gasteiger partial charge >= 0.3 is 0 Å². The molecule has 0 bridgehead atoms. The lowest BCUT2D eigenvalue weighted by atomic mass is 10.0. The number of carbonyl (C=O) groups excluding carboxylic acids is 1. The Bertz CT molecular complexity index is 1100. The maximum absolute atomic E-state index is 13.0. The van der Waals surface area contributed by atoms with E-state index in [-0.39, 0.29) is 11.5 Å². The van der Waals surface area contributed by atoms with Crippen LogP contribution >= 0.6 is 0 Å². The summed E-state index contributed by atoms with van der Waals surface area (Å²) in [5.41, 5.74) is 3.26. The molecule has 1 atom stereocenters. The van der Waals surface area contributed by atoms with E-state index in [4.69, 9.17) is 0 Å². The van der Waals surface area contributed by atoms with E-state index in [2.05, 4.69) is 45.6 Å². The van der Waals surface area contributed by atoms with Gasteiger partial charge in [-0.2, -0.15) is 0 Å². The molecule has 2 heterocycles. The Balaban J connectivity index is 1.46. The van der Waals surface area contributed by atoms with Gasteiger partial charge in [0.25, 0.3) is 11.5 Å². The number of nitrogens with one attached hydrogen (secondary N) is 3. The molecule has 3 N–H and O–H groups in total. The molecule has 6 heteroatoms. The van der Waals surface area contributed by atoms with Crippen molar-refractivity contribution >= 4 is 17.3 Å². The van der Waals surface area contributed by atoms with Crippen molar-refractivity contribution in [1.29, 1.82) is 0 Å². The minimum absolute atomic E-state index is 0.0951. The molecule has 2 aromatic carbocycles. The van der Waals surface area contributed by atoms with Gasteiger partial charge in [0.2, 0.25) is 0 Å². The van der Waals surface area contributed by atoms with Crippen LogP contribution < -0.4 is 16.2 Å². The van der Waals surface area contributed by atoms with E-state index in [1.54, 1.807) is 12.3 Å². The van der Waals surface area contributed by atoms with Crippen LogP contribution in [-0.4, -0.2) is 35.4 Å². The van der Waals surface area contributed by atoms with E-state index < -0.39 is 11.5 Å². The van der Waals surface area contributed by atoms with Gasteiger partial charge in [-0.15, -0.1) is 0 Å². The molecule has 3 aromatic rings. The number of hydrogen-bond donors (Lipinski definition) is 3. The van der Waals surface area contributed by atoms with Crippen molar-refractivity contribution in [1.82, 2.24) is 9.88 Å². The molecule has 1 aromatic heterocycles. The van der Waals surface area contributed by atoms with Gasteiger partial charge in [0, 0.05) is 25.0 Å². The molecule has 1 aliphatic heterocycles. The number of aromatic nitrogens is 1. The van der Waals surface area contributed by atoms with E-state index in [9.17, 15) is 9.59 Å². The summed E-state index contributed by atoms with van der Waals surface area (Å²) in [4.78, 5) is 30.6. The van der Waals surface area contributed by atoms with Crippen molar-refractivity contribution in [2.24, 2.45) is 0 Å². The number of nitrogens with zero attached hydrogens (tertiary/aromatic N) is 1. The number of carbonyl (C=O) groups is 1. The molecule has 1 aliphatic rings. The van der Waals surface area contributed by atoms with Crippen molar-refractivity contribution in [3.63, 3.8) is 0 Å². The van der Waals surface area contributed by atoms with Crippen molar-refractivity contribution in [2.75, 3.05) is 30.3 Å². The molecular formula is C26H30N4O2. The average Bonchev–Trinajstić information content (AvgIpc) is 3.31. The van der Waals surface area contributed by atoms with E-state index in [0.29, 0.717) is 17.9 Å². The van der Waals surface area contributed by atoms with Crippen LogP contribution in [0, 0.1) is 0 Å². The van der Waals surface area contributed by atoms with Crippen LogP contribution in [0.1, 0.15) is 47.2 Å². The number of amides is 1. The average molecular weight is 431 g/mol. The predicted octanol–water partition coefficient (Wildman–Crippen LogP) is 4.44. The molecule has 6 nitrogen and oxygen atoms in total. The highest BCUT2D eigenvalue weighted by Crippen LogP contribution is 2.20. The summed E-state index contributed by atoms with van der Waals surface area (Å²) >= 11 is 0. The molecular weight excluding hydrogens is 400 g/mol. The first-order valence-electron chi connectivity index (χ1n) is 11.2. The predicted molar refractivity (Wildman–Crippen MR) is 129 cm³/mol. The molecule has 0 spiro atoms. The summed E-state index contributed by atoms with van der Waals surface area (Å²) < 4.78 is 0. The molecule has 0 aliphatic carbocycles. The van der Waals surface area contributed by atoms with Crippen LogP contribution in [0.4, 0.5) is 11.4 Å². The van der Waals surface area contributed by atoms with E-state index >= 15 is 0 Å². The van der Waals surface area contributed by atoms with Gasteiger partial charge in [-0.25, -0.2) is 0 Å². The minimum atomic E-state index is -0.417. The van der Waals surface area contributed by atoms with Crippen molar-refractivity contribution in [3.05, 3.63) is 93.9 Å². The van der Waals surface area contributed by atoms with Crippen LogP contribution in [-0.2, 0) is 6.54 Å². The van der Waals surface area contributed by atoms with Crippen LogP contribution in [0.15, 0.2) is 71.7 Å². The maximum atomic E-state index is 13.0. The van der Waals surface area contributed by atoms with Gasteiger partial charge in [0.1, 0.15) is 5.56 Å². The van der Waals surface area contributed by atoms with E-state index in [0.717, 1.165) is 25.2 Å². The third kappa shape index (κ3) is 5.45. The number of benzene rings is 2. The number of H-pyrrole nitrogens is 1. The molecule has 166 valence electrons. The second kappa shape index (κ2) is 10.3. The number of likely N-dealkylation sites (tertiary alicyclic amines) is 1. The second-order valence-electron chi connectivity index (χ2n) is 8.43. The van der Waals surface area contributed by atoms with E-state index in [1.807, 2.05) is 36.4 Å². The first kappa shape index (κ1) is 21.8. The van der Waals surface area contributed by atoms with Gasteiger partial charge in [-0.3, -0.25) is 14.5 Å². The fourth-order valence-electron chi connectivity index (χ4n) is 4.15. The summed E-state index contributed by atoms with van der Waals surface area (Å²) in [6.45, 7) is 5.83. The van der Waals surface area contributed by atoms with Gasteiger partial charge < -0.3 is 15.6 Å². The molecule has 4 rings (SSSR count). The summed E-state index contributed by atoms with van der Waals surface area (Å²) in [7, 11) is 0. The van der Waals surface area contributed by atoms with Crippen molar-refractivity contribution < 1.29 is 4.79 Å². The SMILES string of the molecule is CC(CNc1cc[nH]c(=O)c1C(=O)Nc1cccc(CN2CCCC2)c1)c1ccccc1. The molecule has 32 heavy (non-hydrogen) atoms. The Kier molecular flexibility index (Phi) is 7.02. The maximum Gasteiger partial charge on any atom is 0.263 e. The largest absolute Gasteiger partial charge is 0.384 e. The molecule has 0 saturated carbocycles. The molecule has 1 amide bonds. The smallest absolute Gasteiger partial charge is 0.263 e. The number of rotatable bonds is 8. The number of pyridine rings is 1. The Morgan fingerprint density at radius 3 is 2.62 bits per heavy atom. The first-order chi connectivity index (χ1) is 15.6. The molecule has 1 saturated heterocycles. The lowest BCUT2D eigenvalue weighted by Gasteiger charge is -2.17. The van der Waals surface area contributed by atoms with Gasteiger partial charge in [-0.05, 0) is 61.2 Å². The Morgan fingerprint density at radius 2 is 1.84 bits per heavy atom. The highest BCUT2D eigenvalue weighted by Gasteiger charge is 2.18. The first-order valence-corrected chi connectivity index (χ1v) is 11.2. The summed E-state index contributed by atoms with van der Waals surface area (Å²) in [5, 5.41) is 6.20. The lowest BCUT2D eigenvalue weighted by molar-refractivity contribution is 0.102. The van der Waals surface area contributed by atoms with Gasteiger partial charge in [0.05, 0.1) is 5.69 Å². The highest BCUT2D eigenvalue weighted by atomic mass is 16.2. The Morgan fingerprint density at radius 1 is 1.06 bits per heavy atom. The molecule has 0 radical (unpaired) electrons. The minimum Gasteiger partial charge on any atom is -0.384 e. The van der Waals surface area contributed by atoms with E-state index in [1.165, 1.54) is 18.4 Å². The van der Waals surface area contributed by atoms with Crippen molar-refractivity contribution in [3.8, 4) is 0 Å². The highest BCUT2D eigenvalue weighted by molar-refractivity contribution is 6.07. The van der Waals surface area contributed by atoms with Crippen LogP contribution in [0.2, 0.25) is 0 Å². The third-order valence-corrected chi connectivity index (χ3v) is 5.94. The monoisotopic (exact) mass is 430 g/mol. The summed E-state index contributed by atoms with van der Waals surface area (Å²) in [5.74, 6) is -0.186. The zero-order valence-corrected chi connectivity index (χ0v) is 18.4. The quantitative estimate of drug-likeness (QED) is 0.494. The van der Waals surface area contributed by atoms with Crippen LogP contribution in [0.25, 0.3) is 0 Å². The fraction of sp³-hybridized carbons (Fsp3) is 0.308. The van der Waals surface area contributed by atoms with Gasteiger partial charge in [-0.1, -0.05) is 49.4 Å². The fourth-order valence-corrected chi connectivity index (χ4v) is 4.15. The summed E-state index contributed by atoms with van der Waals surface area (Å²) in [6, 6.07) is 19.7. The normalized spacial score (nSPS) is 14.8. The second-order valence-corrected chi connectivity index (χ2v) is 8.43. The summed E-state index contributed by atoms with van der Waals surface area (Å²) in [6.07, 6.45) is 4.04.